The Morgan fingerprint density at radius 2 is 2.00 bits per heavy atom. The molecule has 1 aromatic rings. The van der Waals surface area contributed by atoms with E-state index in [0.717, 1.165) is 35.6 Å². The van der Waals surface area contributed by atoms with Gasteiger partial charge in [0.1, 0.15) is 0 Å². The van der Waals surface area contributed by atoms with Gasteiger partial charge < -0.3 is 14.8 Å². The fourth-order valence-electron chi connectivity index (χ4n) is 1.81. The number of hydrazone groups is 1. The van der Waals surface area contributed by atoms with Crippen molar-refractivity contribution in [1.82, 2.24) is 10.7 Å². The molecule has 0 amide bonds. The summed E-state index contributed by atoms with van der Waals surface area (Å²) < 4.78 is 10.6. The van der Waals surface area contributed by atoms with E-state index >= 15 is 0 Å². The van der Waals surface area contributed by atoms with Crippen LogP contribution in [0.4, 0.5) is 0 Å². The molecule has 0 aromatic heterocycles. The normalized spacial score (nSPS) is 11.9. The molecule has 2 rings (SSSR count). The standard InChI is InChI=1S/C14H19N3O2S/c1-3-11(4-2)16-17-14(20)15-8-10-5-6-12-13(7-10)19-9-18-12/h5-7H,3-4,8-9H2,1-2H3,(H2,15,17,20). The number of hydrogen-bond acceptors (Lipinski definition) is 4. The van der Waals surface area contributed by atoms with Crippen molar-refractivity contribution in [2.24, 2.45) is 5.10 Å². The van der Waals surface area contributed by atoms with Gasteiger partial charge in [-0.1, -0.05) is 19.9 Å². The van der Waals surface area contributed by atoms with Gasteiger partial charge >= 0.3 is 0 Å². The van der Waals surface area contributed by atoms with E-state index in [1.807, 2.05) is 18.2 Å². The summed E-state index contributed by atoms with van der Waals surface area (Å²) in [5, 5.41) is 7.88. The van der Waals surface area contributed by atoms with E-state index < -0.39 is 0 Å². The summed E-state index contributed by atoms with van der Waals surface area (Å²) in [6, 6.07) is 5.83. The van der Waals surface area contributed by atoms with Crippen LogP contribution in [-0.2, 0) is 6.54 Å². The van der Waals surface area contributed by atoms with Gasteiger partial charge in [0.05, 0.1) is 0 Å². The largest absolute Gasteiger partial charge is 0.454 e. The lowest BCUT2D eigenvalue weighted by molar-refractivity contribution is 0.174. The summed E-state index contributed by atoms with van der Waals surface area (Å²) in [6.45, 7) is 5.06. The molecule has 20 heavy (non-hydrogen) atoms. The van der Waals surface area contributed by atoms with Gasteiger partial charge in [0.25, 0.3) is 0 Å². The Balaban J connectivity index is 1.83. The van der Waals surface area contributed by atoms with Crippen LogP contribution in [0.1, 0.15) is 32.3 Å². The SMILES string of the molecule is CCC(CC)=NNC(=S)NCc1ccc2c(c1)OCO2. The highest BCUT2D eigenvalue weighted by molar-refractivity contribution is 7.80. The fourth-order valence-corrected chi connectivity index (χ4v) is 1.93. The van der Waals surface area contributed by atoms with Crippen LogP contribution in [0.3, 0.4) is 0 Å². The minimum Gasteiger partial charge on any atom is -0.454 e. The third-order valence-corrected chi connectivity index (χ3v) is 3.26. The number of fused-ring (bicyclic) bond motifs is 1. The Hall–Kier alpha value is -1.82. The number of nitrogens with zero attached hydrogens (tertiary/aromatic N) is 1. The minimum absolute atomic E-state index is 0.289. The zero-order valence-electron chi connectivity index (χ0n) is 11.7. The molecule has 0 unspecified atom stereocenters. The van der Waals surface area contributed by atoms with E-state index in [-0.39, 0.29) is 6.79 Å². The molecule has 0 fully saturated rings. The van der Waals surface area contributed by atoms with Crippen molar-refractivity contribution in [3.05, 3.63) is 23.8 Å². The van der Waals surface area contributed by atoms with Gasteiger partial charge in [0.2, 0.25) is 6.79 Å². The monoisotopic (exact) mass is 293 g/mol. The Bertz CT molecular complexity index is 511. The third-order valence-electron chi connectivity index (χ3n) is 3.02. The minimum atomic E-state index is 0.289. The van der Waals surface area contributed by atoms with Gasteiger partial charge in [-0.25, -0.2) is 0 Å². The lowest BCUT2D eigenvalue weighted by Crippen LogP contribution is -2.32. The van der Waals surface area contributed by atoms with Crippen molar-refractivity contribution in [3.8, 4) is 11.5 Å². The molecule has 0 bridgehead atoms. The first-order valence-electron chi connectivity index (χ1n) is 6.70. The van der Waals surface area contributed by atoms with Gasteiger partial charge in [0.15, 0.2) is 16.6 Å². The highest BCUT2D eigenvalue weighted by Gasteiger charge is 2.12. The van der Waals surface area contributed by atoms with Crippen LogP contribution in [0.25, 0.3) is 0 Å². The smallest absolute Gasteiger partial charge is 0.231 e. The van der Waals surface area contributed by atoms with E-state index in [0.29, 0.717) is 11.7 Å². The molecule has 2 N–H and O–H groups in total. The van der Waals surface area contributed by atoms with Crippen molar-refractivity contribution in [3.63, 3.8) is 0 Å². The molecular formula is C14H19N3O2S. The first-order valence-corrected chi connectivity index (χ1v) is 7.11. The molecule has 0 saturated carbocycles. The highest BCUT2D eigenvalue weighted by Crippen LogP contribution is 2.32. The molecule has 0 atom stereocenters. The predicted molar refractivity (Wildman–Crippen MR) is 83.2 cm³/mol. The van der Waals surface area contributed by atoms with E-state index in [2.05, 4.69) is 29.7 Å². The van der Waals surface area contributed by atoms with Crippen LogP contribution >= 0.6 is 12.2 Å². The second-order valence-electron chi connectivity index (χ2n) is 4.37. The van der Waals surface area contributed by atoms with Gasteiger partial charge in [0, 0.05) is 12.3 Å². The molecule has 0 spiro atoms. The van der Waals surface area contributed by atoms with Gasteiger partial charge in [-0.3, -0.25) is 5.43 Å². The van der Waals surface area contributed by atoms with Crippen LogP contribution < -0.4 is 20.2 Å². The fraction of sp³-hybridized carbons (Fsp3) is 0.429. The average molecular weight is 293 g/mol. The molecule has 6 heteroatoms. The summed E-state index contributed by atoms with van der Waals surface area (Å²) in [5.74, 6) is 1.56. The predicted octanol–water partition coefficient (Wildman–Crippen LogP) is 2.56. The van der Waals surface area contributed by atoms with E-state index in [1.54, 1.807) is 0 Å². The van der Waals surface area contributed by atoms with Crippen LogP contribution in [-0.4, -0.2) is 17.6 Å². The summed E-state index contributed by atoms with van der Waals surface area (Å²) >= 11 is 5.18. The lowest BCUT2D eigenvalue weighted by atomic mass is 10.2. The Morgan fingerprint density at radius 3 is 2.75 bits per heavy atom. The third kappa shape index (κ3) is 3.84. The average Bonchev–Trinajstić information content (AvgIpc) is 2.93. The zero-order valence-corrected chi connectivity index (χ0v) is 12.5. The van der Waals surface area contributed by atoms with Gasteiger partial charge in [-0.05, 0) is 42.8 Å². The quantitative estimate of drug-likeness (QED) is 0.496. The molecule has 0 radical (unpaired) electrons. The number of hydrogen-bond donors (Lipinski definition) is 2. The van der Waals surface area contributed by atoms with Crippen LogP contribution in [0.5, 0.6) is 11.5 Å². The molecule has 1 aromatic carbocycles. The maximum Gasteiger partial charge on any atom is 0.231 e. The zero-order chi connectivity index (χ0) is 14.4. The summed E-state index contributed by atoms with van der Waals surface area (Å²) in [5.41, 5.74) is 5.03. The topological polar surface area (TPSA) is 54.9 Å². The number of rotatable bonds is 5. The number of benzene rings is 1. The number of ether oxygens (including phenoxy) is 2. The van der Waals surface area contributed by atoms with E-state index in [1.165, 1.54) is 0 Å². The molecular weight excluding hydrogens is 274 g/mol. The summed E-state index contributed by atoms with van der Waals surface area (Å²) in [6.07, 6.45) is 1.85. The lowest BCUT2D eigenvalue weighted by Gasteiger charge is -2.08. The second-order valence-corrected chi connectivity index (χ2v) is 4.78. The van der Waals surface area contributed by atoms with Crippen molar-refractivity contribution in [2.75, 3.05) is 6.79 Å². The van der Waals surface area contributed by atoms with E-state index in [4.69, 9.17) is 21.7 Å². The molecule has 0 saturated heterocycles. The number of thiocarbonyl (C=S) groups is 1. The molecule has 1 aliphatic rings. The molecule has 1 aliphatic heterocycles. The molecule has 108 valence electrons. The van der Waals surface area contributed by atoms with E-state index in [9.17, 15) is 0 Å². The summed E-state index contributed by atoms with van der Waals surface area (Å²) in [4.78, 5) is 0. The summed E-state index contributed by atoms with van der Waals surface area (Å²) in [7, 11) is 0. The second kappa shape index (κ2) is 7.09. The van der Waals surface area contributed by atoms with Crippen molar-refractivity contribution >= 4 is 23.0 Å². The molecule has 1 heterocycles. The van der Waals surface area contributed by atoms with Crippen molar-refractivity contribution < 1.29 is 9.47 Å². The number of nitrogens with one attached hydrogen (secondary N) is 2. The highest BCUT2D eigenvalue weighted by atomic mass is 32.1. The Morgan fingerprint density at radius 1 is 1.25 bits per heavy atom. The van der Waals surface area contributed by atoms with Crippen LogP contribution in [0, 0.1) is 0 Å². The maximum absolute atomic E-state index is 5.33. The molecule has 0 aliphatic carbocycles. The van der Waals surface area contributed by atoms with Gasteiger partial charge in [-0.2, -0.15) is 5.10 Å². The molecule has 5 nitrogen and oxygen atoms in total. The Kier molecular flexibility index (Phi) is 5.17. The van der Waals surface area contributed by atoms with Gasteiger partial charge in [-0.15, -0.1) is 0 Å². The maximum atomic E-state index is 5.33. The first-order chi connectivity index (χ1) is 9.72. The van der Waals surface area contributed by atoms with Crippen molar-refractivity contribution in [2.45, 2.75) is 33.2 Å². The van der Waals surface area contributed by atoms with Crippen LogP contribution in [0.15, 0.2) is 23.3 Å². The first kappa shape index (κ1) is 14.6. The Labute approximate surface area is 124 Å². The van der Waals surface area contributed by atoms with Crippen molar-refractivity contribution in [1.29, 1.82) is 0 Å². The van der Waals surface area contributed by atoms with Crippen LogP contribution in [0.2, 0.25) is 0 Å².